The summed E-state index contributed by atoms with van der Waals surface area (Å²) in [7, 11) is -0.366. The first-order valence-electron chi connectivity index (χ1n) is 38.5. The summed E-state index contributed by atoms with van der Waals surface area (Å²) in [6.07, 6.45) is 8.70. The van der Waals surface area contributed by atoms with Crippen molar-refractivity contribution in [2.45, 2.75) is 225 Å². The third-order valence-electron chi connectivity index (χ3n) is 20.6. The van der Waals surface area contributed by atoms with Gasteiger partial charge >= 0.3 is 26.2 Å². The predicted octanol–water partition coefficient (Wildman–Crippen LogP) is 20.1. The Morgan fingerprint density at radius 2 is 1.09 bits per heavy atom. The van der Waals surface area contributed by atoms with Gasteiger partial charge in [-0.2, -0.15) is 4.89 Å². The highest BCUT2D eigenvalue weighted by atomic mass is 79.9. The molecule has 0 amide bonds. The molecule has 2 bridgehead atoms. The van der Waals surface area contributed by atoms with Gasteiger partial charge in [0, 0.05) is 59.7 Å². The summed E-state index contributed by atoms with van der Waals surface area (Å²) < 4.78 is 31.4. The molecule has 5 unspecified atom stereocenters. The number of aliphatic hydroxyl groups is 1. The number of ketones is 1. The van der Waals surface area contributed by atoms with E-state index in [4.69, 9.17) is 45.1 Å². The van der Waals surface area contributed by atoms with Gasteiger partial charge in [-0.05, 0) is 210 Å². The highest BCUT2D eigenvalue weighted by Crippen LogP contribution is 2.67. The molecule has 2 fully saturated rings. The molecule has 5 aromatic carbocycles. The summed E-state index contributed by atoms with van der Waals surface area (Å²) in [4.78, 5) is 47.7. The number of carbonyl (C=O) groups is 3. The van der Waals surface area contributed by atoms with Crippen LogP contribution in [0.3, 0.4) is 0 Å². The Kier molecular flexibility index (Phi) is 35.6. The summed E-state index contributed by atoms with van der Waals surface area (Å²) in [5.74, 6) is -1.22. The number of halogens is 4. The fraction of sp³-hybridized carbons (Fsp3) is 0.557. The Hall–Kier alpha value is -4.18. The first-order valence-corrected chi connectivity index (χ1v) is 43.3. The molecule has 0 radical (unpaired) electrons. The predicted molar refractivity (Wildman–Crippen MR) is 462 cm³/mol. The molecule has 22 heteroatoms. The van der Waals surface area contributed by atoms with Gasteiger partial charge < -0.3 is 48.9 Å². The smallest absolute Gasteiger partial charge is 0.461 e. The molecule has 1 spiro atoms. The number of esters is 2. The second-order valence-electron chi connectivity index (χ2n) is 34.8. The number of Topliss-reactive ketones (excluding diaryl/α,β-unsaturated/α-hetero) is 1. The lowest BCUT2D eigenvalue weighted by Crippen LogP contribution is -2.74. The maximum atomic E-state index is 12.0. The number of benzene rings is 5. The number of hydrogen-bond acceptors (Lipinski definition) is 15. The summed E-state index contributed by atoms with van der Waals surface area (Å²) in [5, 5.41) is 48.8. The molecule has 1 saturated heterocycles. The monoisotopic (exact) mass is 1750 g/mol. The Balaban J connectivity index is 0.000000245. The highest BCUT2D eigenvalue weighted by molar-refractivity contribution is 9.11. The van der Waals surface area contributed by atoms with Crippen LogP contribution in [0.25, 0.3) is 11.1 Å². The fourth-order valence-electron chi connectivity index (χ4n) is 16.5. The van der Waals surface area contributed by atoms with Crippen molar-refractivity contribution in [3.05, 3.63) is 184 Å². The first-order chi connectivity index (χ1) is 51.1. The Labute approximate surface area is 691 Å². The van der Waals surface area contributed by atoms with Crippen LogP contribution in [0.5, 0.6) is 0 Å². The van der Waals surface area contributed by atoms with Crippen molar-refractivity contribution < 1.29 is 73.0 Å². The van der Waals surface area contributed by atoms with E-state index in [1.165, 1.54) is 48.0 Å². The average molecular weight is 1750 g/mol. The van der Waals surface area contributed by atoms with Crippen LogP contribution >= 0.6 is 68.0 Å². The molecule has 15 nitrogen and oxygen atoms in total. The van der Waals surface area contributed by atoms with Crippen LogP contribution in [0, 0.1) is 44.8 Å². The number of fused-ring (bicyclic) bond motifs is 1. The maximum Gasteiger partial charge on any atom is 0.489 e. The second-order valence-corrected chi connectivity index (χ2v) is 38.9. The van der Waals surface area contributed by atoms with Crippen LogP contribution in [-0.2, 0) is 44.0 Å². The number of rotatable bonds is 15. The van der Waals surface area contributed by atoms with E-state index in [1.807, 2.05) is 98.7 Å². The van der Waals surface area contributed by atoms with E-state index >= 15 is 0 Å². The van der Waals surface area contributed by atoms with Gasteiger partial charge in [0.05, 0.1) is 53.7 Å². The minimum atomic E-state index is -1.66. The number of methoxy groups -OCH3 is 1. The van der Waals surface area contributed by atoms with E-state index in [9.17, 15) is 39.6 Å². The SMILES string of the molecule is CC.CC(C)(C)C(O)C(C)(C)COC(=O)c1cccc(Br)c1.CC(C)(C)C1=C(c2cccc(B(O)O)c2)COC1(C)C.CC(C)(C)C1=C(c2cccc(Br)c2)COC1(C)C.CC(C)C(=O)C(C)(C)COC(=O)c1cccc(Br)c1.COC1(c2ccc(Cl)c(B(O)O)c2)OOC12C1CCCC2C2=C(CCCC2)C1.CPC. The van der Waals surface area contributed by atoms with E-state index in [0.717, 1.165) is 64.4 Å². The van der Waals surface area contributed by atoms with Gasteiger partial charge in [0.25, 0.3) is 5.79 Å². The lowest BCUT2D eigenvalue weighted by molar-refractivity contribution is -0.639. The molecule has 606 valence electrons. The molecule has 11 rings (SSSR count). The molecule has 6 aliphatic rings. The lowest BCUT2D eigenvalue weighted by atomic mass is 9.53. The minimum Gasteiger partial charge on any atom is -0.461 e. The van der Waals surface area contributed by atoms with Crippen molar-refractivity contribution in [1.82, 2.24) is 0 Å². The lowest BCUT2D eigenvalue weighted by Gasteiger charge is -2.65. The first kappa shape index (κ1) is 96.4. The molecular weight excluding hydrogens is 1620 g/mol. The molecule has 3 aliphatic carbocycles. The zero-order valence-corrected chi connectivity index (χ0v) is 76.3. The van der Waals surface area contributed by atoms with Crippen LogP contribution in [0.1, 0.15) is 234 Å². The third kappa shape index (κ3) is 24.2. The molecule has 5 aromatic rings. The Bertz CT molecular complexity index is 4010. The zero-order valence-electron chi connectivity index (χ0n) is 69.7. The maximum absolute atomic E-state index is 12.0. The van der Waals surface area contributed by atoms with Crippen molar-refractivity contribution in [3.63, 3.8) is 0 Å². The number of aliphatic hydroxyl groups excluding tert-OH is 1. The summed E-state index contributed by atoms with van der Waals surface area (Å²) >= 11 is 16.3. The Morgan fingerprint density at radius 1 is 0.618 bits per heavy atom. The number of hydrogen-bond donors (Lipinski definition) is 5. The van der Waals surface area contributed by atoms with Crippen molar-refractivity contribution in [2.75, 3.05) is 46.9 Å². The third-order valence-corrected chi connectivity index (χ3v) is 22.5. The van der Waals surface area contributed by atoms with Crippen molar-refractivity contribution >= 4 is 122 Å². The summed E-state index contributed by atoms with van der Waals surface area (Å²) in [6.45, 7) is 48.7. The standard InChI is InChI=1S/C21H26BClO5.C16H23BO3.C16H23BrO3.C16H21BrO.C15H19BrO3.C2H7P.C2H6/c1-26-21(15-9-10-19(23)18(12-15)22(24)25)20(27-28-21)14-6-4-8-17(20)16-7-3-2-5-13(16)11-14;1-15(2,3)14-13(10-20-16(14,4)5)11-7-6-8-12(9-11)17(18)19;1-15(2,3)14(19)16(4,5)10-20-13(18)11-7-6-8-12(17)9-11;1-15(2,3)14-13(10-18-16(14,4)5)11-7-6-8-12(17)9-11;1-10(2)13(17)15(3,4)9-19-14(18)11-6-5-7-12(16)8-11;1-3-2;1-2/h9-10,12,14,17,24-25H,2-8,11H2,1H3;6-9,18-19H,10H2,1-5H3;6-9,14,19H,10H2,1-5H3;6-9H,10H2,1-5H3;5-8,10H,9H2,1-4H3;3H,1-2H3;1-2H3. The molecule has 110 heavy (non-hydrogen) atoms. The van der Waals surface area contributed by atoms with Gasteiger partial charge in [0.2, 0.25) is 0 Å². The van der Waals surface area contributed by atoms with Gasteiger partial charge in [-0.3, -0.25) is 4.79 Å². The minimum absolute atomic E-state index is 0.00314. The zero-order chi connectivity index (χ0) is 83.1. The number of carbonyl (C=O) groups excluding carboxylic acids is 3. The van der Waals surface area contributed by atoms with Gasteiger partial charge in [0.1, 0.15) is 12.4 Å². The quantitative estimate of drug-likeness (QED) is 0.0217. The van der Waals surface area contributed by atoms with Crippen LogP contribution < -0.4 is 10.9 Å². The Morgan fingerprint density at radius 3 is 1.53 bits per heavy atom. The fourth-order valence-corrected chi connectivity index (χ4v) is 17.9. The number of allylic oxidation sites excluding steroid dienone is 1. The molecule has 3 heterocycles. The molecule has 5 atom stereocenters. The molecule has 0 aromatic heterocycles. The van der Waals surface area contributed by atoms with E-state index in [2.05, 4.69) is 155 Å². The molecular formula is C88H125B2Br3ClO15P. The van der Waals surface area contributed by atoms with Crippen LogP contribution in [0.15, 0.2) is 151 Å². The van der Waals surface area contributed by atoms with Gasteiger partial charge in [-0.15, -0.1) is 8.58 Å². The highest BCUT2D eigenvalue weighted by Gasteiger charge is 2.75. The van der Waals surface area contributed by atoms with Gasteiger partial charge in [-0.25, -0.2) is 14.5 Å². The van der Waals surface area contributed by atoms with Crippen LogP contribution in [0.2, 0.25) is 5.02 Å². The largest absolute Gasteiger partial charge is 0.489 e. The van der Waals surface area contributed by atoms with E-state index in [1.54, 1.807) is 86.7 Å². The van der Waals surface area contributed by atoms with Gasteiger partial charge in [-0.1, -0.05) is 241 Å². The summed E-state index contributed by atoms with van der Waals surface area (Å²) in [5.41, 5.74) is 10.8. The normalized spacial score (nSPS) is 20.7. The van der Waals surface area contributed by atoms with Gasteiger partial charge in [0.15, 0.2) is 5.60 Å². The van der Waals surface area contributed by atoms with Crippen molar-refractivity contribution in [3.8, 4) is 0 Å². The average Bonchev–Trinajstić information content (AvgIpc) is 0.782. The number of ether oxygens (including phenoxy) is 5. The van der Waals surface area contributed by atoms with Crippen molar-refractivity contribution in [2.24, 2.45) is 44.8 Å². The topological polar surface area (TPSA) is 217 Å². The van der Waals surface area contributed by atoms with E-state index < -0.39 is 48.5 Å². The van der Waals surface area contributed by atoms with Crippen LogP contribution in [0.4, 0.5) is 0 Å². The summed E-state index contributed by atoms with van der Waals surface area (Å²) in [6, 6.07) is 35.1. The molecule has 5 N–H and O–H groups in total. The van der Waals surface area contributed by atoms with E-state index in [-0.39, 0.29) is 69.7 Å². The van der Waals surface area contributed by atoms with E-state index in [0.29, 0.717) is 40.7 Å². The second kappa shape index (κ2) is 40.6. The molecule has 1 saturated carbocycles. The molecule has 3 aliphatic heterocycles. The van der Waals surface area contributed by atoms with Crippen molar-refractivity contribution in [1.29, 1.82) is 0 Å². The van der Waals surface area contributed by atoms with Crippen LogP contribution in [-0.4, -0.2) is 127 Å².